The molecule has 3 aromatic rings. The number of hydrogen-bond acceptors (Lipinski definition) is 8. The highest BCUT2D eigenvalue weighted by Gasteiger charge is 2.36. The minimum atomic E-state index is -0.780. The van der Waals surface area contributed by atoms with E-state index in [0.717, 1.165) is 24.9 Å². The SMILES string of the molecule is O=c1[nH]c(N2CCCC2c2cccnc2)nc2c1ncn2[C@H]1CC(O)[C@@H](CO)O1. The fourth-order valence-corrected chi connectivity index (χ4v) is 4.25. The summed E-state index contributed by atoms with van der Waals surface area (Å²) in [5, 5.41) is 19.4. The summed E-state index contributed by atoms with van der Waals surface area (Å²) in [5.41, 5.74) is 1.37. The number of nitrogens with one attached hydrogen (secondary N) is 1. The molecule has 152 valence electrons. The molecule has 0 radical (unpaired) electrons. The first-order valence-electron chi connectivity index (χ1n) is 9.73. The van der Waals surface area contributed by atoms with Gasteiger partial charge in [-0.3, -0.25) is 19.3 Å². The van der Waals surface area contributed by atoms with Crippen molar-refractivity contribution in [2.75, 3.05) is 18.1 Å². The molecule has 2 fully saturated rings. The second-order valence-corrected chi connectivity index (χ2v) is 7.47. The Bertz CT molecular complexity index is 1070. The quantitative estimate of drug-likeness (QED) is 0.579. The van der Waals surface area contributed by atoms with Crippen LogP contribution in [0.1, 0.15) is 37.1 Å². The van der Waals surface area contributed by atoms with Crippen LogP contribution in [0.2, 0.25) is 0 Å². The number of pyridine rings is 1. The van der Waals surface area contributed by atoms with Gasteiger partial charge in [0.2, 0.25) is 5.95 Å². The zero-order valence-electron chi connectivity index (χ0n) is 15.7. The normalized spacial score (nSPS) is 27.2. The number of aromatic amines is 1. The Morgan fingerprint density at radius 3 is 3.03 bits per heavy atom. The molecule has 0 bridgehead atoms. The van der Waals surface area contributed by atoms with Crippen molar-refractivity contribution in [2.24, 2.45) is 0 Å². The number of aliphatic hydroxyl groups is 2. The summed E-state index contributed by atoms with van der Waals surface area (Å²) in [6.07, 6.45) is 5.32. The standard InChI is InChI=1S/C19H22N6O4/c26-9-14-13(27)7-15(29-14)25-10-21-16-17(25)22-19(23-18(16)28)24-6-2-4-12(24)11-3-1-5-20-8-11/h1,3,5,8,10,12-15,26-27H,2,4,6-7,9H2,(H,22,23,28)/t12?,13?,14-,15-/m1/s1. The van der Waals surface area contributed by atoms with Gasteiger partial charge >= 0.3 is 0 Å². The topological polar surface area (TPSA) is 129 Å². The average molecular weight is 398 g/mol. The zero-order valence-corrected chi connectivity index (χ0v) is 15.7. The molecule has 10 nitrogen and oxygen atoms in total. The Morgan fingerprint density at radius 1 is 1.38 bits per heavy atom. The van der Waals surface area contributed by atoms with Crippen LogP contribution >= 0.6 is 0 Å². The summed E-state index contributed by atoms with van der Waals surface area (Å²) in [6.45, 7) is 0.498. The van der Waals surface area contributed by atoms with Crippen LogP contribution in [0.5, 0.6) is 0 Å². The molecule has 10 heteroatoms. The minimum absolute atomic E-state index is 0.0870. The predicted octanol–water partition coefficient (Wildman–Crippen LogP) is 0.497. The Labute approximate surface area is 165 Å². The van der Waals surface area contributed by atoms with Gasteiger partial charge in [-0.25, -0.2) is 4.98 Å². The van der Waals surface area contributed by atoms with E-state index in [1.54, 1.807) is 10.8 Å². The van der Waals surface area contributed by atoms with Crippen molar-refractivity contribution in [3.63, 3.8) is 0 Å². The average Bonchev–Trinajstić information content (AvgIpc) is 3.46. The van der Waals surface area contributed by atoms with Crippen LogP contribution in [-0.4, -0.2) is 60.1 Å². The fourth-order valence-electron chi connectivity index (χ4n) is 4.25. The van der Waals surface area contributed by atoms with Gasteiger partial charge in [-0.1, -0.05) is 6.07 Å². The molecule has 2 aliphatic heterocycles. The smallest absolute Gasteiger partial charge is 0.280 e. The van der Waals surface area contributed by atoms with Gasteiger partial charge in [-0.2, -0.15) is 4.98 Å². The number of ether oxygens (including phenoxy) is 1. The largest absolute Gasteiger partial charge is 0.394 e. The molecule has 5 heterocycles. The lowest BCUT2D eigenvalue weighted by molar-refractivity contribution is -0.0432. The number of H-pyrrole nitrogens is 1. The van der Waals surface area contributed by atoms with Gasteiger partial charge in [0, 0.05) is 25.4 Å². The molecule has 29 heavy (non-hydrogen) atoms. The van der Waals surface area contributed by atoms with Crippen LogP contribution < -0.4 is 10.5 Å². The molecule has 2 aliphatic rings. The number of rotatable bonds is 4. The summed E-state index contributed by atoms with van der Waals surface area (Å²) >= 11 is 0. The van der Waals surface area contributed by atoms with Crippen LogP contribution in [0.25, 0.3) is 11.2 Å². The van der Waals surface area contributed by atoms with E-state index in [1.165, 1.54) is 6.33 Å². The van der Waals surface area contributed by atoms with E-state index in [1.807, 2.05) is 18.3 Å². The van der Waals surface area contributed by atoms with Gasteiger partial charge in [-0.05, 0) is 24.5 Å². The Balaban J connectivity index is 1.53. The predicted molar refractivity (Wildman–Crippen MR) is 103 cm³/mol. The molecular formula is C19H22N6O4. The van der Waals surface area contributed by atoms with Crippen molar-refractivity contribution in [3.8, 4) is 0 Å². The van der Waals surface area contributed by atoms with Crippen molar-refractivity contribution in [1.29, 1.82) is 0 Å². The van der Waals surface area contributed by atoms with E-state index >= 15 is 0 Å². The highest BCUT2D eigenvalue weighted by Crippen LogP contribution is 2.35. The third-order valence-electron chi connectivity index (χ3n) is 5.71. The molecule has 4 atom stereocenters. The monoisotopic (exact) mass is 398 g/mol. The first kappa shape index (κ1) is 18.2. The van der Waals surface area contributed by atoms with E-state index in [-0.39, 0.29) is 23.7 Å². The first-order chi connectivity index (χ1) is 14.2. The number of aliphatic hydroxyl groups excluding tert-OH is 2. The lowest BCUT2D eigenvalue weighted by Crippen LogP contribution is -2.27. The summed E-state index contributed by atoms with van der Waals surface area (Å²) in [5.74, 6) is 0.479. The number of nitrogens with zero attached hydrogens (tertiary/aromatic N) is 5. The molecule has 2 saturated heterocycles. The number of fused-ring (bicyclic) bond motifs is 1. The van der Waals surface area contributed by atoms with E-state index < -0.39 is 18.4 Å². The first-order valence-corrected chi connectivity index (χ1v) is 9.73. The van der Waals surface area contributed by atoms with Gasteiger partial charge in [-0.15, -0.1) is 0 Å². The lowest BCUT2D eigenvalue weighted by Gasteiger charge is -2.25. The van der Waals surface area contributed by atoms with Crippen LogP contribution in [0.4, 0.5) is 5.95 Å². The molecule has 3 aromatic heterocycles. The molecule has 0 aliphatic carbocycles. The van der Waals surface area contributed by atoms with Crippen molar-refractivity contribution in [3.05, 3.63) is 46.8 Å². The highest BCUT2D eigenvalue weighted by atomic mass is 16.5. The maximum atomic E-state index is 12.7. The van der Waals surface area contributed by atoms with E-state index in [9.17, 15) is 15.0 Å². The summed E-state index contributed by atoms with van der Waals surface area (Å²) < 4.78 is 7.37. The maximum absolute atomic E-state index is 12.7. The molecule has 0 aromatic carbocycles. The van der Waals surface area contributed by atoms with E-state index in [4.69, 9.17) is 9.72 Å². The Morgan fingerprint density at radius 2 is 2.28 bits per heavy atom. The molecule has 0 saturated carbocycles. The van der Waals surface area contributed by atoms with Crippen molar-refractivity contribution in [2.45, 2.75) is 43.7 Å². The molecule has 0 spiro atoms. The van der Waals surface area contributed by atoms with Crippen LogP contribution in [0, 0.1) is 0 Å². The van der Waals surface area contributed by atoms with Gasteiger partial charge in [0.1, 0.15) is 12.3 Å². The number of anilines is 1. The Hall–Kier alpha value is -2.82. The summed E-state index contributed by atoms with van der Waals surface area (Å²) in [4.78, 5) is 30.7. The molecule has 5 rings (SSSR count). The van der Waals surface area contributed by atoms with Gasteiger partial charge in [0.15, 0.2) is 11.2 Å². The molecule has 2 unspecified atom stereocenters. The minimum Gasteiger partial charge on any atom is -0.394 e. The summed E-state index contributed by atoms with van der Waals surface area (Å²) in [7, 11) is 0. The van der Waals surface area contributed by atoms with Crippen LogP contribution in [0.15, 0.2) is 35.6 Å². The number of imidazole rings is 1. The Kier molecular flexibility index (Phi) is 4.53. The fraction of sp³-hybridized carbons (Fsp3) is 0.474. The lowest BCUT2D eigenvalue weighted by atomic mass is 10.1. The summed E-state index contributed by atoms with van der Waals surface area (Å²) in [6, 6.07) is 4.02. The van der Waals surface area contributed by atoms with Crippen molar-refractivity contribution < 1.29 is 14.9 Å². The second kappa shape index (κ2) is 7.21. The zero-order chi connectivity index (χ0) is 20.0. The van der Waals surface area contributed by atoms with E-state index in [2.05, 4.69) is 19.9 Å². The molecular weight excluding hydrogens is 376 g/mol. The van der Waals surface area contributed by atoms with Gasteiger partial charge in [0.05, 0.1) is 25.1 Å². The van der Waals surface area contributed by atoms with Crippen molar-refractivity contribution >= 4 is 17.1 Å². The molecule has 0 amide bonds. The maximum Gasteiger partial charge on any atom is 0.280 e. The number of aromatic nitrogens is 5. The highest BCUT2D eigenvalue weighted by molar-refractivity contribution is 5.71. The van der Waals surface area contributed by atoms with Gasteiger partial charge < -0.3 is 19.8 Å². The van der Waals surface area contributed by atoms with E-state index in [0.29, 0.717) is 18.0 Å². The van der Waals surface area contributed by atoms with Crippen LogP contribution in [0.3, 0.4) is 0 Å². The molecule has 3 N–H and O–H groups in total. The van der Waals surface area contributed by atoms with Gasteiger partial charge in [0.25, 0.3) is 5.56 Å². The third-order valence-corrected chi connectivity index (χ3v) is 5.71. The number of hydrogen-bond donors (Lipinski definition) is 3. The van der Waals surface area contributed by atoms with Crippen molar-refractivity contribution in [1.82, 2.24) is 24.5 Å². The van der Waals surface area contributed by atoms with Crippen LogP contribution in [-0.2, 0) is 4.74 Å². The second-order valence-electron chi connectivity index (χ2n) is 7.47. The third kappa shape index (κ3) is 3.09.